The van der Waals surface area contributed by atoms with E-state index in [0.717, 1.165) is 36.3 Å². The molecule has 1 amide bonds. The number of anilines is 1. The van der Waals surface area contributed by atoms with Crippen LogP contribution in [0.1, 0.15) is 37.2 Å². The molecule has 0 radical (unpaired) electrons. The monoisotopic (exact) mass is 432 g/mol. The topological polar surface area (TPSA) is 103 Å². The van der Waals surface area contributed by atoms with Crippen LogP contribution < -0.4 is 15.0 Å². The van der Waals surface area contributed by atoms with Gasteiger partial charge in [0.2, 0.25) is 0 Å². The second-order valence-corrected chi connectivity index (χ2v) is 7.98. The maximum atomic E-state index is 13.2. The Bertz CT molecular complexity index is 956. The first-order valence-corrected chi connectivity index (χ1v) is 10.8. The van der Waals surface area contributed by atoms with E-state index in [9.17, 15) is 9.59 Å². The number of esters is 1. The minimum Gasteiger partial charge on any atom is -0.497 e. The van der Waals surface area contributed by atoms with Crippen LogP contribution in [0.25, 0.3) is 10.9 Å². The lowest BCUT2D eigenvalue weighted by molar-refractivity contribution is -0.922. The molecule has 1 aromatic carbocycles. The molecular formula is C22H30N3O6+. The number of quaternary nitrogens is 1. The fourth-order valence-electron chi connectivity index (χ4n) is 4.37. The average Bonchev–Trinajstić information content (AvgIpc) is 3.38. The summed E-state index contributed by atoms with van der Waals surface area (Å²) in [6.07, 6.45) is 1.52. The third-order valence-electron chi connectivity index (χ3n) is 6.21. The maximum absolute atomic E-state index is 13.2. The van der Waals surface area contributed by atoms with Gasteiger partial charge in [0.1, 0.15) is 11.4 Å². The van der Waals surface area contributed by atoms with Gasteiger partial charge in [-0.1, -0.05) is 0 Å². The summed E-state index contributed by atoms with van der Waals surface area (Å²) in [6.45, 7) is 6.71. The third-order valence-corrected chi connectivity index (χ3v) is 6.21. The van der Waals surface area contributed by atoms with Crippen LogP contribution >= 0.6 is 0 Å². The number of carbonyl (C=O) groups excluding carboxylic acids is 2. The van der Waals surface area contributed by atoms with Crippen LogP contribution in [-0.2, 0) is 19.0 Å². The largest absolute Gasteiger partial charge is 0.497 e. The highest BCUT2D eigenvalue weighted by Crippen LogP contribution is 2.32. The van der Waals surface area contributed by atoms with E-state index >= 15 is 0 Å². The number of ether oxygens (including phenoxy) is 4. The van der Waals surface area contributed by atoms with Crippen molar-refractivity contribution in [2.75, 3.05) is 45.3 Å². The van der Waals surface area contributed by atoms with Crippen molar-refractivity contribution < 1.29 is 33.4 Å². The molecule has 4 rings (SSSR count). The van der Waals surface area contributed by atoms with Crippen LogP contribution in [0.3, 0.4) is 0 Å². The maximum Gasteiger partial charge on any atom is 0.356 e. The highest BCUT2D eigenvalue weighted by atomic mass is 16.7. The van der Waals surface area contributed by atoms with Crippen molar-refractivity contribution in [2.45, 2.75) is 38.5 Å². The zero-order valence-corrected chi connectivity index (χ0v) is 18.2. The number of rotatable bonds is 6. The Kier molecular flexibility index (Phi) is 6.17. The number of fused-ring (bicyclic) bond motifs is 1. The van der Waals surface area contributed by atoms with Gasteiger partial charge in [-0.15, -0.1) is 0 Å². The molecule has 2 aliphatic heterocycles. The predicted octanol–water partition coefficient (Wildman–Crippen LogP) is 1.10. The summed E-state index contributed by atoms with van der Waals surface area (Å²) in [5.74, 6) is -0.504. The number of H-pyrrole nitrogens is 1. The van der Waals surface area contributed by atoms with Crippen molar-refractivity contribution in [3.05, 3.63) is 23.9 Å². The number of carbonyl (C=O) groups is 2. The van der Waals surface area contributed by atoms with Crippen molar-refractivity contribution >= 4 is 28.5 Å². The predicted molar refractivity (Wildman–Crippen MR) is 113 cm³/mol. The molecule has 2 aliphatic rings. The molecule has 2 fully saturated rings. The van der Waals surface area contributed by atoms with E-state index in [1.807, 2.05) is 13.0 Å². The number of methoxy groups -OCH3 is 1. The molecule has 0 aliphatic carbocycles. The van der Waals surface area contributed by atoms with Crippen molar-refractivity contribution in [1.29, 1.82) is 0 Å². The Hall–Kier alpha value is -2.62. The van der Waals surface area contributed by atoms with Crippen LogP contribution in [0.2, 0.25) is 0 Å². The normalized spacial score (nSPS) is 19.5. The quantitative estimate of drug-likeness (QED) is 0.591. The van der Waals surface area contributed by atoms with Crippen LogP contribution in [0, 0.1) is 0 Å². The number of likely N-dealkylation sites (tertiary alicyclic amines) is 1. The van der Waals surface area contributed by atoms with E-state index in [1.54, 1.807) is 26.2 Å². The minimum absolute atomic E-state index is 0.159. The van der Waals surface area contributed by atoms with E-state index in [-0.39, 0.29) is 24.2 Å². The molecule has 2 saturated heterocycles. The molecule has 1 aromatic heterocycles. The Morgan fingerprint density at radius 3 is 2.61 bits per heavy atom. The molecule has 0 unspecified atom stereocenters. The smallest absolute Gasteiger partial charge is 0.356 e. The SMILES string of the molecule is CCOC(=O)c1[nH]c2ccc(OC)cc2c1NC(=O)[C@@H](C)[NH+]1CCC2(CC1)OCCO2. The highest BCUT2D eigenvalue weighted by Gasteiger charge is 2.43. The van der Waals surface area contributed by atoms with E-state index in [1.165, 1.54) is 0 Å². The molecular weight excluding hydrogens is 402 g/mol. The molecule has 9 heteroatoms. The molecule has 31 heavy (non-hydrogen) atoms. The van der Waals surface area contributed by atoms with Crippen LogP contribution in [0.15, 0.2) is 18.2 Å². The van der Waals surface area contributed by atoms with Crippen LogP contribution in [0.4, 0.5) is 5.69 Å². The highest BCUT2D eigenvalue weighted by molar-refractivity contribution is 6.11. The fourth-order valence-corrected chi connectivity index (χ4v) is 4.37. The first-order chi connectivity index (χ1) is 15.0. The second-order valence-electron chi connectivity index (χ2n) is 7.98. The molecule has 3 N–H and O–H groups in total. The van der Waals surface area contributed by atoms with Crippen molar-refractivity contribution in [3.8, 4) is 5.75 Å². The van der Waals surface area contributed by atoms with Gasteiger partial charge < -0.3 is 34.1 Å². The number of aromatic amines is 1. The third kappa shape index (κ3) is 4.26. The Labute approximate surface area is 181 Å². The minimum atomic E-state index is -0.511. The lowest BCUT2D eigenvalue weighted by atomic mass is 10.0. The molecule has 0 bridgehead atoms. The van der Waals surface area contributed by atoms with Gasteiger partial charge in [-0.3, -0.25) is 4.79 Å². The fraction of sp³-hybridized carbons (Fsp3) is 0.545. The number of hydrogen-bond donors (Lipinski definition) is 3. The van der Waals surface area contributed by atoms with Crippen LogP contribution in [0.5, 0.6) is 5.75 Å². The first-order valence-electron chi connectivity index (χ1n) is 10.8. The Morgan fingerprint density at radius 2 is 1.97 bits per heavy atom. The second kappa shape index (κ2) is 8.86. The number of nitrogens with one attached hydrogen (secondary N) is 3. The average molecular weight is 432 g/mol. The summed E-state index contributed by atoms with van der Waals surface area (Å²) < 4.78 is 22.1. The summed E-state index contributed by atoms with van der Waals surface area (Å²) >= 11 is 0. The van der Waals surface area contributed by atoms with Gasteiger partial charge in [0.25, 0.3) is 5.91 Å². The number of hydrogen-bond acceptors (Lipinski definition) is 6. The number of aromatic nitrogens is 1. The molecule has 0 saturated carbocycles. The molecule has 1 spiro atoms. The first kappa shape index (κ1) is 21.6. The number of amides is 1. The van der Waals surface area contributed by atoms with Gasteiger partial charge in [-0.05, 0) is 32.0 Å². The lowest BCUT2D eigenvalue weighted by Gasteiger charge is -2.37. The van der Waals surface area contributed by atoms with Gasteiger partial charge in [0.15, 0.2) is 11.8 Å². The van der Waals surface area contributed by atoms with Gasteiger partial charge in [0, 0.05) is 10.9 Å². The van der Waals surface area contributed by atoms with E-state index in [4.69, 9.17) is 18.9 Å². The molecule has 9 nitrogen and oxygen atoms in total. The molecule has 1 atom stereocenters. The van der Waals surface area contributed by atoms with E-state index < -0.39 is 11.8 Å². The van der Waals surface area contributed by atoms with E-state index in [0.29, 0.717) is 30.0 Å². The number of benzene rings is 1. The molecule has 3 heterocycles. The Morgan fingerprint density at radius 1 is 1.26 bits per heavy atom. The standard InChI is InChI=1S/C22H29N3O6/c1-4-29-21(27)19-18(16-13-15(28-3)5-6-17(16)23-19)24-20(26)14(2)25-9-7-22(8-10-25)30-11-12-31-22/h5-6,13-14,23H,4,7-12H2,1-3H3,(H,24,26)/p+1/t14-/m1/s1. The summed E-state index contributed by atoms with van der Waals surface area (Å²) in [5, 5.41) is 3.67. The Balaban J connectivity index is 1.54. The zero-order chi connectivity index (χ0) is 22.0. The van der Waals surface area contributed by atoms with E-state index in [2.05, 4.69) is 10.3 Å². The number of piperidine rings is 1. The summed E-state index contributed by atoms with van der Waals surface area (Å²) in [5.41, 5.74) is 1.36. The van der Waals surface area contributed by atoms with Gasteiger partial charge in [0.05, 0.1) is 58.5 Å². The van der Waals surface area contributed by atoms with Crippen LogP contribution in [-0.4, -0.2) is 68.7 Å². The molecule has 168 valence electrons. The molecule has 2 aromatic rings. The summed E-state index contributed by atoms with van der Waals surface area (Å²) in [6, 6.07) is 5.10. The van der Waals surface area contributed by atoms with Crippen molar-refractivity contribution in [1.82, 2.24) is 4.98 Å². The van der Waals surface area contributed by atoms with Gasteiger partial charge in [-0.2, -0.15) is 0 Å². The van der Waals surface area contributed by atoms with Gasteiger partial charge >= 0.3 is 5.97 Å². The summed E-state index contributed by atoms with van der Waals surface area (Å²) in [7, 11) is 1.57. The lowest BCUT2D eigenvalue weighted by Crippen LogP contribution is -3.18. The zero-order valence-electron chi connectivity index (χ0n) is 18.2. The summed E-state index contributed by atoms with van der Waals surface area (Å²) in [4.78, 5) is 29.9. The van der Waals surface area contributed by atoms with Gasteiger partial charge in [-0.25, -0.2) is 4.79 Å². The van der Waals surface area contributed by atoms with Crippen molar-refractivity contribution in [2.24, 2.45) is 0 Å². The van der Waals surface area contributed by atoms with Crippen molar-refractivity contribution in [3.63, 3.8) is 0 Å².